The number of aromatic nitrogens is 2. The highest BCUT2D eigenvalue weighted by Crippen LogP contribution is 2.28. The van der Waals surface area contributed by atoms with E-state index in [2.05, 4.69) is 25.9 Å². The van der Waals surface area contributed by atoms with Crippen molar-refractivity contribution in [2.24, 2.45) is 5.73 Å². The van der Waals surface area contributed by atoms with Crippen molar-refractivity contribution in [3.8, 4) is 0 Å². The summed E-state index contributed by atoms with van der Waals surface area (Å²) in [6, 6.07) is 13.6. The molecule has 94 valence electrons. The van der Waals surface area contributed by atoms with Gasteiger partial charge in [-0.3, -0.25) is 4.98 Å². The van der Waals surface area contributed by atoms with Crippen LogP contribution in [0.2, 0.25) is 0 Å². The molecule has 2 heterocycles. The van der Waals surface area contributed by atoms with Gasteiger partial charge in [-0.2, -0.15) is 0 Å². The van der Waals surface area contributed by atoms with E-state index in [-0.39, 0.29) is 6.04 Å². The molecular formula is C15H12BrN3. The van der Waals surface area contributed by atoms with Gasteiger partial charge < -0.3 is 5.73 Å². The summed E-state index contributed by atoms with van der Waals surface area (Å²) in [7, 11) is 0. The molecule has 3 rings (SSSR count). The molecule has 0 aliphatic heterocycles. The van der Waals surface area contributed by atoms with Gasteiger partial charge in [0.15, 0.2) is 0 Å². The molecule has 1 aromatic carbocycles. The van der Waals surface area contributed by atoms with E-state index in [1.165, 1.54) is 0 Å². The molecule has 1 unspecified atom stereocenters. The average molecular weight is 314 g/mol. The zero-order valence-corrected chi connectivity index (χ0v) is 11.7. The monoisotopic (exact) mass is 313 g/mol. The number of para-hydroxylation sites is 1. The first kappa shape index (κ1) is 12.3. The van der Waals surface area contributed by atoms with Crippen molar-refractivity contribution in [1.82, 2.24) is 9.97 Å². The van der Waals surface area contributed by atoms with Crippen LogP contribution in [0.15, 0.2) is 59.3 Å². The third kappa shape index (κ3) is 2.37. The minimum absolute atomic E-state index is 0.285. The van der Waals surface area contributed by atoms with Crippen LogP contribution in [0.1, 0.15) is 17.3 Å². The molecule has 19 heavy (non-hydrogen) atoms. The van der Waals surface area contributed by atoms with E-state index >= 15 is 0 Å². The highest BCUT2D eigenvalue weighted by molar-refractivity contribution is 9.10. The number of rotatable bonds is 2. The van der Waals surface area contributed by atoms with Crippen molar-refractivity contribution in [2.45, 2.75) is 6.04 Å². The first-order valence-corrected chi connectivity index (χ1v) is 6.75. The number of halogens is 1. The molecule has 0 bridgehead atoms. The highest BCUT2D eigenvalue weighted by atomic mass is 79.9. The molecule has 1 atom stereocenters. The second kappa shape index (κ2) is 5.07. The van der Waals surface area contributed by atoms with Gasteiger partial charge in [-0.25, -0.2) is 4.98 Å². The lowest BCUT2D eigenvalue weighted by Crippen LogP contribution is -2.14. The molecule has 0 spiro atoms. The molecule has 4 heteroatoms. The Balaban J connectivity index is 2.12. The average Bonchev–Trinajstić information content (AvgIpc) is 2.47. The summed E-state index contributed by atoms with van der Waals surface area (Å²) in [6.07, 6.45) is 3.51. The van der Waals surface area contributed by atoms with Crippen LogP contribution in [-0.4, -0.2) is 9.97 Å². The lowest BCUT2D eigenvalue weighted by Gasteiger charge is -2.13. The maximum absolute atomic E-state index is 6.28. The summed E-state index contributed by atoms with van der Waals surface area (Å²) in [5.41, 5.74) is 9.00. The zero-order chi connectivity index (χ0) is 13.2. The van der Waals surface area contributed by atoms with E-state index in [9.17, 15) is 0 Å². The predicted molar refractivity (Wildman–Crippen MR) is 79.7 cm³/mol. The van der Waals surface area contributed by atoms with E-state index in [0.29, 0.717) is 0 Å². The quantitative estimate of drug-likeness (QED) is 0.788. The van der Waals surface area contributed by atoms with Gasteiger partial charge in [-0.1, -0.05) is 24.3 Å². The molecule has 0 aliphatic carbocycles. The number of fused-ring (bicyclic) bond motifs is 1. The molecule has 0 amide bonds. The van der Waals surface area contributed by atoms with Crippen LogP contribution in [0, 0.1) is 0 Å². The molecule has 0 saturated carbocycles. The topological polar surface area (TPSA) is 51.8 Å². The summed E-state index contributed by atoms with van der Waals surface area (Å²) >= 11 is 3.55. The number of nitrogens with two attached hydrogens (primary N) is 1. The molecule has 0 aliphatic rings. The Labute approximate surface area is 119 Å². The molecule has 3 nitrogen and oxygen atoms in total. The number of hydrogen-bond acceptors (Lipinski definition) is 3. The molecule has 3 aromatic rings. The van der Waals surface area contributed by atoms with Crippen molar-refractivity contribution in [3.63, 3.8) is 0 Å². The Hall–Kier alpha value is -1.78. The van der Waals surface area contributed by atoms with Crippen LogP contribution in [0.5, 0.6) is 0 Å². The largest absolute Gasteiger partial charge is 0.319 e. The van der Waals surface area contributed by atoms with Gasteiger partial charge in [-0.15, -0.1) is 0 Å². The molecule has 0 fully saturated rings. The second-order valence-corrected chi connectivity index (χ2v) is 5.17. The number of benzene rings is 1. The van der Waals surface area contributed by atoms with E-state index < -0.39 is 0 Å². The first-order valence-electron chi connectivity index (χ1n) is 5.96. The highest BCUT2D eigenvalue weighted by Gasteiger charge is 2.14. The third-order valence-electron chi connectivity index (χ3n) is 3.04. The van der Waals surface area contributed by atoms with Gasteiger partial charge >= 0.3 is 0 Å². The lowest BCUT2D eigenvalue weighted by molar-refractivity contribution is 0.823. The summed E-state index contributed by atoms with van der Waals surface area (Å²) in [5, 5.41) is 1.09. The van der Waals surface area contributed by atoms with E-state index in [0.717, 1.165) is 26.6 Å². The van der Waals surface area contributed by atoms with Crippen molar-refractivity contribution in [1.29, 1.82) is 0 Å². The fraction of sp³-hybridized carbons (Fsp3) is 0.0667. The van der Waals surface area contributed by atoms with Gasteiger partial charge in [0.2, 0.25) is 0 Å². The Morgan fingerprint density at radius 1 is 1.11 bits per heavy atom. The first-order chi connectivity index (χ1) is 9.25. The van der Waals surface area contributed by atoms with E-state index in [1.807, 2.05) is 42.5 Å². The summed E-state index contributed by atoms with van der Waals surface area (Å²) in [6.45, 7) is 0. The maximum atomic E-state index is 6.28. The normalized spacial score (nSPS) is 12.5. The van der Waals surface area contributed by atoms with Crippen LogP contribution < -0.4 is 5.73 Å². The second-order valence-electron chi connectivity index (χ2n) is 4.31. The minimum atomic E-state index is -0.285. The lowest BCUT2D eigenvalue weighted by atomic mass is 10.1. The van der Waals surface area contributed by atoms with Crippen LogP contribution in [0.25, 0.3) is 10.9 Å². The molecule has 2 aromatic heterocycles. The Morgan fingerprint density at radius 3 is 2.74 bits per heavy atom. The van der Waals surface area contributed by atoms with Crippen molar-refractivity contribution in [2.75, 3.05) is 0 Å². The summed E-state index contributed by atoms with van der Waals surface area (Å²) in [5.74, 6) is 0. The number of nitrogens with zero attached hydrogens (tertiary/aromatic N) is 2. The van der Waals surface area contributed by atoms with E-state index in [1.54, 1.807) is 12.4 Å². The SMILES string of the molecule is NC(c1cccnc1)c1nc2ccccc2cc1Br. The fourth-order valence-electron chi connectivity index (χ4n) is 2.04. The smallest absolute Gasteiger partial charge is 0.0766 e. The maximum Gasteiger partial charge on any atom is 0.0766 e. The standard InChI is InChI=1S/C15H12BrN3/c16-12-8-10-4-1-2-6-13(10)19-15(12)14(17)11-5-3-7-18-9-11/h1-9,14H,17H2. The molecule has 0 saturated heterocycles. The molecular weight excluding hydrogens is 302 g/mol. The van der Waals surface area contributed by atoms with Gasteiger partial charge in [0, 0.05) is 22.3 Å². The zero-order valence-electron chi connectivity index (χ0n) is 10.1. The Bertz CT molecular complexity index is 713. The van der Waals surface area contributed by atoms with Crippen LogP contribution >= 0.6 is 15.9 Å². The van der Waals surface area contributed by atoms with Crippen LogP contribution in [0.3, 0.4) is 0 Å². The minimum Gasteiger partial charge on any atom is -0.319 e. The number of pyridine rings is 2. The van der Waals surface area contributed by atoms with Gasteiger partial charge in [-0.05, 0) is 39.7 Å². The Morgan fingerprint density at radius 2 is 1.95 bits per heavy atom. The van der Waals surface area contributed by atoms with Crippen molar-refractivity contribution < 1.29 is 0 Å². The van der Waals surface area contributed by atoms with Crippen molar-refractivity contribution >= 4 is 26.8 Å². The predicted octanol–water partition coefficient (Wildman–Crippen LogP) is 3.44. The molecule has 2 N–H and O–H groups in total. The van der Waals surface area contributed by atoms with Crippen LogP contribution in [0.4, 0.5) is 0 Å². The van der Waals surface area contributed by atoms with Gasteiger partial charge in [0.1, 0.15) is 0 Å². The summed E-state index contributed by atoms with van der Waals surface area (Å²) in [4.78, 5) is 8.75. The molecule has 0 radical (unpaired) electrons. The summed E-state index contributed by atoms with van der Waals surface area (Å²) < 4.78 is 0.919. The van der Waals surface area contributed by atoms with Gasteiger partial charge in [0.25, 0.3) is 0 Å². The Kier molecular flexibility index (Phi) is 3.27. The third-order valence-corrected chi connectivity index (χ3v) is 3.68. The number of hydrogen-bond donors (Lipinski definition) is 1. The van der Waals surface area contributed by atoms with E-state index in [4.69, 9.17) is 5.73 Å². The van der Waals surface area contributed by atoms with Crippen LogP contribution in [-0.2, 0) is 0 Å². The van der Waals surface area contributed by atoms with Crippen molar-refractivity contribution in [3.05, 3.63) is 70.6 Å². The van der Waals surface area contributed by atoms with Gasteiger partial charge in [0.05, 0.1) is 17.3 Å². The fourth-order valence-corrected chi connectivity index (χ4v) is 2.62.